The Morgan fingerprint density at radius 1 is 0.871 bits per heavy atom. The van der Waals surface area contributed by atoms with Crippen LogP contribution in [0.5, 0.6) is 5.75 Å². The molecule has 31 heavy (non-hydrogen) atoms. The van der Waals surface area contributed by atoms with Gasteiger partial charge in [-0.3, -0.25) is 4.79 Å². The minimum Gasteiger partial charge on any atom is -0.497 e. The highest BCUT2D eigenvalue weighted by Crippen LogP contribution is 2.22. The van der Waals surface area contributed by atoms with Crippen molar-refractivity contribution in [2.75, 3.05) is 61.5 Å². The summed E-state index contributed by atoms with van der Waals surface area (Å²) in [5, 5.41) is 3.12. The van der Waals surface area contributed by atoms with Crippen molar-refractivity contribution in [3.05, 3.63) is 48.5 Å². The minimum atomic E-state index is -0.0696. The van der Waals surface area contributed by atoms with Gasteiger partial charge in [-0.15, -0.1) is 0 Å². The second kappa shape index (κ2) is 10.1. The Balaban J connectivity index is 1.27. The SMILES string of the molecule is COc1ccc(N2CC[NH+]([C@H](C)C(=O)Nc3ccc(N4CCCCC4)cc3)CC2)cc1. The first kappa shape index (κ1) is 21.5. The molecular weight excluding hydrogens is 388 g/mol. The lowest BCUT2D eigenvalue weighted by Crippen LogP contribution is -3.19. The number of hydrogen-bond donors (Lipinski definition) is 2. The molecule has 0 aliphatic carbocycles. The van der Waals surface area contributed by atoms with E-state index in [4.69, 9.17) is 4.74 Å². The first-order valence-corrected chi connectivity index (χ1v) is 11.5. The van der Waals surface area contributed by atoms with Gasteiger partial charge in [0.05, 0.1) is 33.3 Å². The van der Waals surface area contributed by atoms with E-state index in [1.807, 2.05) is 31.2 Å². The lowest BCUT2D eigenvalue weighted by molar-refractivity contribution is -0.914. The van der Waals surface area contributed by atoms with Crippen LogP contribution in [0.4, 0.5) is 17.1 Å². The quantitative estimate of drug-likeness (QED) is 0.749. The van der Waals surface area contributed by atoms with E-state index < -0.39 is 0 Å². The summed E-state index contributed by atoms with van der Waals surface area (Å²) in [5.41, 5.74) is 3.35. The van der Waals surface area contributed by atoms with Gasteiger partial charge in [0.25, 0.3) is 5.91 Å². The Kier molecular flexibility index (Phi) is 6.97. The summed E-state index contributed by atoms with van der Waals surface area (Å²) in [6.45, 7) is 8.11. The molecule has 0 saturated carbocycles. The van der Waals surface area contributed by atoms with Crippen molar-refractivity contribution in [2.45, 2.75) is 32.2 Å². The molecule has 2 N–H and O–H groups in total. The number of piperidine rings is 1. The molecule has 0 radical (unpaired) electrons. The van der Waals surface area contributed by atoms with Crippen molar-refractivity contribution < 1.29 is 14.4 Å². The molecule has 2 fully saturated rings. The summed E-state index contributed by atoms with van der Waals surface area (Å²) in [7, 11) is 1.69. The van der Waals surface area contributed by atoms with Crippen molar-refractivity contribution in [3.8, 4) is 5.75 Å². The number of carbonyl (C=O) groups excluding carboxylic acids is 1. The van der Waals surface area contributed by atoms with Crippen molar-refractivity contribution in [3.63, 3.8) is 0 Å². The van der Waals surface area contributed by atoms with Crippen LogP contribution in [-0.4, -0.2) is 58.3 Å². The second-order valence-electron chi connectivity index (χ2n) is 8.65. The molecule has 2 heterocycles. The van der Waals surface area contributed by atoms with Gasteiger partial charge in [0.15, 0.2) is 6.04 Å². The number of quaternary nitrogens is 1. The van der Waals surface area contributed by atoms with Crippen LogP contribution >= 0.6 is 0 Å². The van der Waals surface area contributed by atoms with Crippen LogP contribution in [0.1, 0.15) is 26.2 Å². The fourth-order valence-electron chi connectivity index (χ4n) is 4.62. The zero-order valence-electron chi connectivity index (χ0n) is 18.8. The van der Waals surface area contributed by atoms with E-state index in [2.05, 4.69) is 39.4 Å². The summed E-state index contributed by atoms with van der Waals surface area (Å²) in [6, 6.07) is 16.5. The number of amides is 1. The molecule has 0 spiro atoms. The monoisotopic (exact) mass is 423 g/mol. The van der Waals surface area contributed by atoms with Gasteiger partial charge in [-0.2, -0.15) is 0 Å². The summed E-state index contributed by atoms with van der Waals surface area (Å²) < 4.78 is 5.25. The predicted octanol–water partition coefficient (Wildman–Crippen LogP) is 2.42. The molecule has 2 aliphatic rings. The topological polar surface area (TPSA) is 49.3 Å². The zero-order chi connectivity index (χ0) is 21.6. The fourth-order valence-corrected chi connectivity index (χ4v) is 4.62. The Morgan fingerprint density at radius 3 is 2.00 bits per heavy atom. The van der Waals surface area contributed by atoms with E-state index in [1.165, 1.54) is 35.5 Å². The summed E-state index contributed by atoms with van der Waals surface area (Å²) in [6.07, 6.45) is 3.87. The van der Waals surface area contributed by atoms with Crippen molar-refractivity contribution in [1.82, 2.24) is 0 Å². The first-order valence-electron chi connectivity index (χ1n) is 11.5. The van der Waals surface area contributed by atoms with Gasteiger partial charge in [-0.1, -0.05) is 0 Å². The molecule has 0 unspecified atom stereocenters. The molecule has 1 amide bonds. The molecule has 6 heteroatoms. The number of benzene rings is 2. The molecule has 166 valence electrons. The van der Waals surface area contributed by atoms with E-state index in [9.17, 15) is 4.79 Å². The number of nitrogens with one attached hydrogen (secondary N) is 2. The normalized spacial score (nSPS) is 18.5. The second-order valence-corrected chi connectivity index (χ2v) is 8.65. The highest BCUT2D eigenvalue weighted by molar-refractivity contribution is 5.93. The van der Waals surface area contributed by atoms with E-state index >= 15 is 0 Å². The van der Waals surface area contributed by atoms with Crippen LogP contribution in [0, 0.1) is 0 Å². The number of methoxy groups -OCH3 is 1. The third kappa shape index (κ3) is 5.31. The molecule has 0 aromatic heterocycles. The Labute approximate surface area is 185 Å². The summed E-state index contributed by atoms with van der Waals surface area (Å²) in [4.78, 5) is 19.0. The van der Waals surface area contributed by atoms with Gasteiger partial charge in [0, 0.05) is 30.2 Å². The van der Waals surface area contributed by atoms with Crippen molar-refractivity contribution in [2.24, 2.45) is 0 Å². The van der Waals surface area contributed by atoms with E-state index in [-0.39, 0.29) is 11.9 Å². The Morgan fingerprint density at radius 2 is 1.42 bits per heavy atom. The third-order valence-corrected chi connectivity index (χ3v) is 6.70. The van der Waals surface area contributed by atoms with Crippen LogP contribution in [0.15, 0.2) is 48.5 Å². The summed E-state index contributed by atoms with van der Waals surface area (Å²) >= 11 is 0. The molecular formula is C25H35N4O2+. The standard InChI is InChI=1S/C25H34N4O2/c1-20(27-16-18-29(19-17-27)23-10-12-24(31-2)13-11-23)25(30)26-21-6-8-22(9-7-21)28-14-4-3-5-15-28/h6-13,20H,3-5,14-19H2,1-2H3,(H,26,30)/p+1/t20-/m1/s1. The first-order chi connectivity index (χ1) is 15.1. The Hall–Kier alpha value is -2.73. The van der Waals surface area contributed by atoms with Gasteiger partial charge < -0.3 is 24.8 Å². The maximum Gasteiger partial charge on any atom is 0.282 e. The highest BCUT2D eigenvalue weighted by Gasteiger charge is 2.29. The number of rotatable bonds is 6. The molecule has 2 aliphatic heterocycles. The number of nitrogens with zero attached hydrogens (tertiary/aromatic N) is 2. The van der Waals surface area contributed by atoms with E-state index in [0.29, 0.717) is 0 Å². The fraction of sp³-hybridized carbons (Fsp3) is 0.480. The lowest BCUT2D eigenvalue weighted by Gasteiger charge is -2.36. The average Bonchev–Trinajstić information content (AvgIpc) is 2.85. The van der Waals surface area contributed by atoms with Crippen LogP contribution in [0.2, 0.25) is 0 Å². The van der Waals surface area contributed by atoms with Crippen LogP contribution in [0.25, 0.3) is 0 Å². The average molecular weight is 424 g/mol. The molecule has 1 atom stereocenters. The van der Waals surface area contributed by atoms with Crippen LogP contribution in [-0.2, 0) is 4.79 Å². The van der Waals surface area contributed by atoms with Gasteiger partial charge in [-0.05, 0) is 74.7 Å². The molecule has 4 rings (SSSR count). The zero-order valence-corrected chi connectivity index (χ0v) is 18.8. The number of ether oxygens (including phenoxy) is 1. The minimum absolute atomic E-state index is 0.0696. The van der Waals surface area contributed by atoms with Crippen LogP contribution in [0.3, 0.4) is 0 Å². The van der Waals surface area contributed by atoms with Crippen molar-refractivity contribution >= 4 is 23.0 Å². The smallest absolute Gasteiger partial charge is 0.282 e. The largest absolute Gasteiger partial charge is 0.497 e. The number of anilines is 3. The maximum absolute atomic E-state index is 12.9. The third-order valence-electron chi connectivity index (χ3n) is 6.70. The molecule has 0 bridgehead atoms. The van der Waals surface area contributed by atoms with E-state index in [1.54, 1.807) is 7.11 Å². The number of piperazine rings is 1. The summed E-state index contributed by atoms with van der Waals surface area (Å²) in [5.74, 6) is 0.973. The predicted molar refractivity (Wildman–Crippen MR) is 127 cm³/mol. The lowest BCUT2D eigenvalue weighted by atomic mass is 10.1. The van der Waals surface area contributed by atoms with Gasteiger partial charge >= 0.3 is 0 Å². The number of hydrogen-bond acceptors (Lipinski definition) is 4. The molecule has 6 nitrogen and oxygen atoms in total. The molecule has 2 saturated heterocycles. The van der Waals surface area contributed by atoms with Crippen LogP contribution < -0.4 is 24.8 Å². The van der Waals surface area contributed by atoms with E-state index in [0.717, 1.165) is 50.7 Å². The van der Waals surface area contributed by atoms with Gasteiger partial charge in [0.1, 0.15) is 5.75 Å². The maximum atomic E-state index is 12.9. The van der Waals surface area contributed by atoms with Gasteiger partial charge in [-0.25, -0.2) is 0 Å². The molecule has 2 aromatic rings. The Bertz CT molecular complexity index is 839. The van der Waals surface area contributed by atoms with Gasteiger partial charge in [0.2, 0.25) is 0 Å². The number of carbonyl (C=O) groups is 1. The molecule has 2 aromatic carbocycles. The van der Waals surface area contributed by atoms with Crippen molar-refractivity contribution in [1.29, 1.82) is 0 Å². The highest BCUT2D eigenvalue weighted by atomic mass is 16.5.